The van der Waals surface area contributed by atoms with E-state index < -0.39 is 11.7 Å². The maximum atomic E-state index is 13.3. The van der Waals surface area contributed by atoms with Crippen LogP contribution in [0.3, 0.4) is 0 Å². The van der Waals surface area contributed by atoms with Gasteiger partial charge in [0.1, 0.15) is 0 Å². The summed E-state index contributed by atoms with van der Waals surface area (Å²) in [5, 5.41) is 0. The fourth-order valence-electron chi connectivity index (χ4n) is 3.16. The van der Waals surface area contributed by atoms with Crippen LogP contribution >= 0.6 is 0 Å². The van der Waals surface area contributed by atoms with E-state index in [2.05, 4.69) is 18.7 Å². The number of hydrogen-bond acceptors (Lipinski definition) is 1. The van der Waals surface area contributed by atoms with E-state index in [0.29, 0.717) is 23.3 Å². The van der Waals surface area contributed by atoms with Crippen LogP contribution in [0.25, 0.3) is 0 Å². The minimum Gasteiger partial charge on any atom is -0.366 e. The van der Waals surface area contributed by atoms with E-state index in [1.807, 2.05) is 6.07 Å². The smallest absolute Gasteiger partial charge is 0.366 e. The van der Waals surface area contributed by atoms with E-state index in [1.165, 1.54) is 6.07 Å². The van der Waals surface area contributed by atoms with Crippen molar-refractivity contribution in [3.63, 3.8) is 0 Å². The Kier molecular flexibility index (Phi) is 4.03. The van der Waals surface area contributed by atoms with E-state index in [9.17, 15) is 13.2 Å². The van der Waals surface area contributed by atoms with Crippen LogP contribution in [0.2, 0.25) is 0 Å². The van der Waals surface area contributed by atoms with Gasteiger partial charge in [0, 0.05) is 17.8 Å². The van der Waals surface area contributed by atoms with Crippen molar-refractivity contribution in [2.45, 2.75) is 64.7 Å². The first kappa shape index (κ1) is 15.2. The molecule has 1 aliphatic rings. The second-order valence-corrected chi connectivity index (χ2v) is 6.11. The average molecular weight is 285 g/mol. The Hall–Kier alpha value is -1.19. The molecule has 0 bridgehead atoms. The fraction of sp³-hybridized carbons (Fsp3) is 0.625. The average Bonchev–Trinajstić information content (AvgIpc) is 2.67. The number of anilines is 1. The van der Waals surface area contributed by atoms with Gasteiger partial charge < -0.3 is 4.90 Å². The molecule has 0 aromatic heterocycles. The third-order valence-electron chi connectivity index (χ3n) is 4.21. The Morgan fingerprint density at radius 1 is 1.10 bits per heavy atom. The van der Waals surface area contributed by atoms with Crippen molar-refractivity contribution in [1.29, 1.82) is 0 Å². The van der Waals surface area contributed by atoms with Gasteiger partial charge in [0.15, 0.2) is 0 Å². The van der Waals surface area contributed by atoms with Crippen LogP contribution in [-0.2, 0) is 6.18 Å². The van der Waals surface area contributed by atoms with Crippen molar-refractivity contribution in [3.05, 3.63) is 29.3 Å². The van der Waals surface area contributed by atoms with Crippen LogP contribution < -0.4 is 4.90 Å². The highest BCUT2D eigenvalue weighted by Crippen LogP contribution is 2.39. The molecule has 1 heterocycles. The van der Waals surface area contributed by atoms with Gasteiger partial charge in [0.05, 0.1) is 5.56 Å². The molecule has 112 valence electrons. The maximum Gasteiger partial charge on any atom is 0.416 e. The van der Waals surface area contributed by atoms with Gasteiger partial charge in [-0.05, 0) is 50.3 Å². The summed E-state index contributed by atoms with van der Waals surface area (Å²) < 4.78 is 39.8. The molecule has 1 aromatic carbocycles. The predicted octanol–water partition coefficient (Wildman–Crippen LogP) is 5.21. The SMILES string of the molecule is CC(C)c1ccc(N2C(C)CCC2C)cc1C(F)(F)F. The molecule has 2 atom stereocenters. The molecular weight excluding hydrogens is 263 g/mol. The number of halogens is 3. The zero-order chi connectivity index (χ0) is 15.1. The van der Waals surface area contributed by atoms with E-state index in [4.69, 9.17) is 0 Å². The molecular formula is C16H22F3N. The zero-order valence-electron chi connectivity index (χ0n) is 12.5. The molecule has 1 nitrogen and oxygen atoms in total. The van der Waals surface area contributed by atoms with Gasteiger partial charge in [0.25, 0.3) is 0 Å². The van der Waals surface area contributed by atoms with Gasteiger partial charge in [-0.1, -0.05) is 19.9 Å². The van der Waals surface area contributed by atoms with Crippen molar-refractivity contribution >= 4 is 5.69 Å². The van der Waals surface area contributed by atoms with Crippen molar-refractivity contribution in [2.75, 3.05) is 4.90 Å². The van der Waals surface area contributed by atoms with Crippen molar-refractivity contribution in [1.82, 2.24) is 0 Å². The van der Waals surface area contributed by atoms with Crippen LogP contribution in [0, 0.1) is 0 Å². The molecule has 2 rings (SSSR count). The minimum absolute atomic E-state index is 0.130. The normalized spacial score (nSPS) is 23.7. The van der Waals surface area contributed by atoms with Crippen LogP contribution in [0.15, 0.2) is 18.2 Å². The number of benzene rings is 1. The second kappa shape index (κ2) is 5.30. The van der Waals surface area contributed by atoms with E-state index in [0.717, 1.165) is 12.8 Å². The highest BCUT2D eigenvalue weighted by atomic mass is 19.4. The molecule has 0 saturated carbocycles. The molecule has 0 spiro atoms. The lowest BCUT2D eigenvalue weighted by atomic mass is 9.96. The van der Waals surface area contributed by atoms with Gasteiger partial charge in [0.2, 0.25) is 0 Å². The third kappa shape index (κ3) is 2.79. The van der Waals surface area contributed by atoms with Gasteiger partial charge >= 0.3 is 6.18 Å². The van der Waals surface area contributed by atoms with Crippen LogP contribution in [-0.4, -0.2) is 12.1 Å². The monoisotopic (exact) mass is 285 g/mol. The summed E-state index contributed by atoms with van der Waals surface area (Å²) in [6.07, 6.45) is -2.22. The van der Waals surface area contributed by atoms with Crippen LogP contribution in [0.1, 0.15) is 57.6 Å². The molecule has 0 amide bonds. The summed E-state index contributed by atoms with van der Waals surface area (Å²) in [4.78, 5) is 2.11. The Balaban J connectivity index is 2.47. The first-order chi connectivity index (χ1) is 9.21. The highest BCUT2D eigenvalue weighted by molar-refractivity contribution is 5.54. The number of alkyl halides is 3. The van der Waals surface area contributed by atoms with Gasteiger partial charge in [-0.25, -0.2) is 0 Å². The van der Waals surface area contributed by atoms with Crippen molar-refractivity contribution in [2.24, 2.45) is 0 Å². The summed E-state index contributed by atoms with van der Waals surface area (Å²) in [5.74, 6) is -0.130. The summed E-state index contributed by atoms with van der Waals surface area (Å²) in [5.41, 5.74) is 0.580. The summed E-state index contributed by atoms with van der Waals surface area (Å²) in [6.45, 7) is 7.75. The summed E-state index contributed by atoms with van der Waals surface area (Å²) in [6, 6.07) is 5.41. The van der Waals surface area contributed by atoms with Gasteiger partial charge in [-0.3, -0.25) is 0 Å². The molecule has 1 aliphatic heterocycles. The minimum atomic E-state index is -4.29. The highest BCUT2D eigenvalue weighted by Gasteiger charge is 2.36. The molecule has 1 saturated heterocycles. The lowest BCUT2D eigenvalue weighted by Gasteiger charge is -2.30. The molecule has 4 heteroatoms. The van der Waals surface area contributed by atoms with E-state index in [1.54, 1.807) is 19.9 Å². The number of rotatable bonds is 2. The molecule has 0 aliphatic carbocycles. The molecule has 20 heavy (non-hydrogen) atoms. The van der Waals surface area contributed by atoms with Gasteiger partial charge in [-0.2, -0.15) is 13.2 Å². The van der Waals surface area contributed by atoms with Crippen LogP contribution in [0.4, 0.5) is 18.9 Å². The third-order valence-corrected chi connectivity index (χ3v) is 4.21. The summed E-state index contributed by atoms with van der Waals surface area (Å²) >= 11 is 0. The number of nitrogens with zero attached hydrogens (tertiary/aromatic N) is 1. The summed E-state index contributed by atoms with van der Waals surface area (Å²) in [7, 11) is 0. The lowest BCUT2D eigenvalue weighted by Crippen LogP contribution is -2.32. The molecule has 1 fully saturated rings. The first-order valence-electron chi connectivity index (χ1n) is 7.21. The molecule has 0 N–H and O–H groups in total. The quantitative estimate of drug-likeness (QED) is 0.721. The van der Waals surface area contributed by atoms with Crippen LogP contribution in [0.5, 0.6) is 0 Å². The Bertz CT molecular complexity index is 469. The molecule has 2 unspecified atom stereocenters. The molecule has 0 radical (unpaired) electrons. The van der Waals surface area contributed by atoms with Crippen molar-refractivity contribution in [3.8, 4) is 0 Å². The molecule has 1 aromatic rings. The fourth-order valence-corrected chi connectivity index (χ4v) is 3.16. The van der Waals surface area contributed by atoms with E-state index >= 15 is 0 Å². The topological polar surface area (TPSA) is 3.24 Å². The Morgan fingerprint density at radius 2 is 1.65 bits per heavy atom. The van der Waals surface area contributed by atoms with E-state index in [-0.39, 0.29) is 5.92 Å². The predicted molar refractivity (Wildman–Crippen MR) is 76.2 cm³/mol. The van der Waals surface area contributed by atoms with Gasteiger partial charge in [-0.15, -0.1) is 0 Å². The zero-order valence-corrected chi connectivity index (χ0v) is 12.5. The standard InChI is InChI=1S/C16H22F3N/c1-10(2)14-8-7-13(9-15(14)16(17,18)19)20-11(3)5-6-12(20)4/h7-12H,5-6H2,1-4H3. The first-order valence-corrected chi connectivity index (χ1v) is 7.21. The number of hydrogen-bond donors (Lipinski definition) is 0. The maximum absolute atomic E-state index is 13.3. The lowest BCUT2D eigenvalue weighted by molar-refractivity contribution is -0.138. The van der Waals surface area contributed by atoms with Crippen molar-refractivity contribution < 1.29 is 13.2 Å². The largest absolute Gasteiger partial charge is 0.416 e. The second-order valence-electron chi connectivity index (χ2n) is 6.11. The Morgan fingerprint density at radius 3 is 2.10 bits per heavy atom. The Labute approximate surface area is 118 Å².